The molecule has 152 valence electrons. The molecule has 2 N–H and O–H groups in total. The van der Waals surface area contributed by atoms with Crippen molar-refractivity contribution in [3.8, 4) is 11.5 Å². The zero-order valence-electron chi connectivity index (χ0n) is 15.7. The molecular weight excluding hydrogens is 394 g/mol. The highest BCUT2D eigenvalue weighted by molar-refractivity contribution is 8.00. The van der Waals surface area contributed by atoms with Gasteiger partial charge in [0, 0.05) is 24.6 Å². The number of nitrogens with zero attached hydrogens (tertiary/aromatic N) is 1. The quantitative estimate of drug-likeness (QED) is 0.699. The lowest BCUT2D eigenvalue weighted by Crippen LogP contribution is -2.40. The van der Waals surface area contributed by atoms with E-state index in [9.17, 15) is 9.59 Å². The summed E-state index contributed by atoms with van der Waals surface area (Å²) in [6.07, 6.45) is 3.44. The summed E-state index contributed by atoms with van der Waals surface area (Å²) >= 11 is 1.22. The standard InChI is InChI=1S/C20H21N3O5S/c24-18(22-13-5-6-16-17(9-13)28-12-27-16)11-29-20-15(4-1-7-21-20)19(25)23-14-3-2-8-26-10-14/h1,4-7,9,14H,2-3,8,10-12H2,(H,22,24)(H,23,25). The van der Waals surface area contributed by atoms with Crippen LogP contribution in [0.4, 0.5) is 5.69 Å². The van der Waals surface area contributed by atoms with Crippen LogP contribution in [0.15, 0.2) is 41.6 Å². The lowest BCUT2D eigenvalue weighted by molar-refractivity contribution is -0.113. The van der Waals surface area contributed by atoms with Crippen molar-refractivity contribution < 1.29 is 23.8 Å². The van der Waals surface area contributed by atoms with Gasteiger partial charge in [-0.25, -0.2) is 4.98 Å². The third-order valence-corrected chi connectivity index (χ3v) is 5.51. The average molecular weight is 415 g/mol. The van der Waals surface area contributed by atoms with Crippen LogP contribution in [0.25, 0.3) is 0 Å². The number of carbonyl (C=O) groups excluding carboxylic acids is 2. The van der Waals surface area contributed by atoms with Crippen LogP contribution >= 0.6 is 11.8 Å². The minimum atomic E-state index is -0.202. The summed E-state index contributed by atoms with van der Waals surface area (Å²) < 4.78 is 16.0. The first-order chi connectivity index (χ1) is 14.2. The monoisotopic (exact) mass is 415 g/mol. The summed E-state index contributed by atoms with van der Waals surface area (Å²) in [6.45, 7) is 1.44. The third kappa shape index (κ3) is 4.99. The fourth-order valence-electron chi connectivity index (χ4n) is 3.10. The molecule has 8 nitrogen and oxygen atoms in total. The van der Waals surface area contributed by atoms with Crippen LogP contribution in [-0.4, -0.2) is 48.6 Å². The molecule has 1 unspecified atom stereocenters. The van der Waals surface area contributed by atoms with Crippen LogP contribution < -0.4 is 20.1 Å². The molecule has 2 aromatic rings. The van der Waals surface area contributed by atoms with Gasteiger partial charge in [-0.05, 0) is 37.1 Å². The van der Waals surface area contributed by atoms with Gasteiger partial charge in [0.2, 0.25) is 12.7 Å². The zero-order chi connectivity index (χ0) is 20.1. The SMILES string of the molecule is O=C(CSc1ncccc1C(=O)NC1CCCOC1)Nc1ccc2c(c1)OCO2. The molecule has 4 rings (SSSR count). The van der Waals surface area contributed by atoms with Gasteiger partial charge in [-0.1, -0.05) is 11.8 Å². The second kappa shape index (κ2) is 9.15. The Morgan fingerprint density at radius 1 is 1.21 bits per heavy atom. The predicted octanol–water partition coefficient (Wildman–Crippen LogP) is 2.45. The number of amides is 2. The molecule has 1 saturated heterocycles. The van der Waals surface area contributed by atoms with Gasteiger partial charge in [-0.2, -0.15) is 0 Å². The van der Waals surface area contributed by atoms with Gasteiger partial charge in [0.1, 0.15) is 5.03 Å². The number of rotatable bonds is 6. The number of ether oxygens (including phenoxy) is 3. The largest absolute Gasteiger partial charge is 0.454 e. The lowest BCUT2D eigenvalue weighted by atomic mass is 10.1. The van der Waals surface area contributed by atoms with E-state index in [1.54, 1.807) is 36.5 Å². The Bertz CT molecular complexity index is 901. The third-order valence-electron chi connectivity index (χ3n) is 4.51. The predicted molar refractivity (Wildman–Crippen MR) is 107 cm³/mol. The maximum absolute atomic E-state index is 12.6. The fourth-order valence-corrected chi connectivity index (χ4v) is 3.89. The molecule has 2 aliphatic rings. The van der Waals surface area contributed by atoms with E-state index in [0.717, 1.165) is 19.4 Å². The summed E-state index contributed by atoms with van der Waals surface area (Å²) in [5.74, 6) is 0.979. The van der Waals surface area contributed by atoms with Crippen molar-refractivity contribution in [1.82, 2.24) is 10.3 Å². The molecule has 2 amide bonds. The topological polar surface area (TPSA) is 98.8 Å². The molecule has 9 heteroatoms. The molecule has 1 atom stereocenters. The van der Waals surface area contributed by atoms with E-state index in [-0.39, 0.29) is 30.4 Å². The maximum atomic E-state index is 12.6. The summed E-state index contributed by atoms with van der Waals surface area (Å²) in [5, 5.41) is 6.32. The van der Waals surface area contributed by atoms with Crippen molar-refractivity contribution in [2.45, 2.75) is 23.9 Å². The number of benzene rings is 1. The van der Waals surface area contributed by atoms with Crippen molar-refractivity contribution in [2.75, 3.05) is 31.1 Å². The minimum Gasteiger partial charge on any atom is -0.454 e. The Hall–Kier alpha value is -2.78. The van der Waals surface area contributed by atoms with Crippen molar-refractivity contribution in [3.05, 3.63) is 42.1 Å². The lowest BCUT2D eigenvalue weighted by Gasteiger charge is -2.23. The maximum Gasteiger partial charge on any atom is 0.254 e. The molecule has 1 fully saturated rings. The van der Waals surface area contributed by atoms with Crippen molar-refractivity contribution >= 4 is 29.3 Å². The molecule has 1 aromatic carbocycles. The zero-order valence-corrected chi connectivity index (χ0v) is 16.5. The smallest absolute Gasteiger partial charge is 0.254 e. The number of hydrogen-bond acceptors (Lipinski definition) is 7. The Morgan fingerprint density at radius 3 is 2.97 bits per heavy atom. The van der Waals surface area contributed by atoms with Gasteiger partial charge in [-0.15, -0.1) is 0 Å². The number of nitrogens with one attached hydrogen (secondary N) is 2. The molecule has 0 bridgehead atoms. The Kier molecular flexibility index (Phi) is 6.16. The number of hydrogen-bond donors (Lipinski definition) is 2. The van der Waals surface area contributed by atoms with Crippen LogP contribution in [0, 0.1) is 0 Å². The van der Waals surface area contributed by atoms with Crippen LogP contribution in [-0.2, 0) is 9.53 Å². The average Bonchev–Trinajstić information content (AvgIpc) is 3.21. The molecule has 1 aromatic heterocycles. The molecule has 3 heterocycles. The summed E-state index contributed by atoms with van der Waals surface area (Å²) in [5.41, 5.74) is 1.08. The normalized spacial score (nSPS) is 17.6. The van der Waals surface area contributed by atoms with Gasteiger partial charge >= 0.3 is 0 Å². The highest BCUT2D eigenvalue weighted by atomic mass is 32.2. The Morgan fingerprint density at radius 2 is 2.10 bits per heavy atom. The van der Waals surface area contributed by atoms with Gasteiger partial charge in [-0.3, -0.25) is 9.59 Å². The van der Waals surface area contributed by atoms with E-state index >= 15 is 0 Å². The number of thioether (sulfide) groups is 1. The number of fused-ring (bicyclic) bond motifs is 1. The molecular formula is C20H21N3O5S. The molecule has 29 heavy (non-hydrogen) atoms. The first-order valence-electron chi connectivity index (χ1n) is 9.35. The Balaban J connectivity index is 1.34. The summed E-state index contributed by atoms with van der Waals surface area (Å²) in [4.78, 5) is 29.2. The Labute approximate surface area is 172 Å². The first kappa shape index (κ1) is 19.5. The van der Waals surface area contributed by atoms with Crippen LogP contribution in [0.5, 0.6) is 11.5 Å². The number of aromatic nitrogens is 1. The van der Waals surface area contributed by atoms with Gasteiger partial charge in [0.05, 0.1) is 24.0 Å². The fraction of sp³-hybridized carbons (Fsp3) is 0.350. The van der Waals surface area contributed by atoms with Crippen LogP contribution in [0.1, 0.15) is 23.2 Å². The van der Waals surface area contributed by atoms with E-state index in [1.807, 2.05) is 0 Å². The van der Waals surface area contributed by atoms with Gasteiger partial charge in [0.25, 0.3) is 5.91 Å². The second-order valence-corrected chi connectivity index (χ2v) is 7.61. The van der Waals surface area contributed by atoms with Crippen molar-refractivity contribution in [3.63, 3.8) is 0 Å². The molecule has 2 aliphatic heterocycles. The van der Waals surface area contributed by atoms with Crippen LogP contribution in [0.2, 0.25) is 0 Å². The summed E-state index contributed by atoms with van der Waals surface area (Å²) in [6, 6.07) is 8.65. The minimum absolute atomic E-state index is 0.00334. The van der Waals surface area contributed by atoms with Gasteiger partial charge in [0.15, 0.2) is 11.5 Å². The van der Waals surface area contributed by atoms with Crippen molar-refractivity contribution in [2.24, 2.45) is 0 Å². The van der Waals surface area contributed by atoms with Crippen LogP contribution in [0.3, 0.4) is 0 Å². The number of pyridine rings is 1. The number of carbonyl (C=O) groups is 2. The first-order valence-corrected chi connectivity index (χ1v) is 10.3. The van der Waals surface area contributed by atoms with E-state index in [2.05, 4.69) is 15.6 Å². The van der Waals surface area contributed by atoms with E-state index < -0.39 is 0 Å². The second-order valence-electron chi connectivity index (χ2n) is 6.65. The van der Waals surface area contributed by atoms with Gasteiger partial charge < -0.3 is 24.8 Å². The highest BCUT2D eigenvalue weighted by Gasteiger charge is 2.20. The molecule has 0 spiro atoms. The van der Waals surface area contributed by atoms with E-state index in [4.69, 9.17) is 14.2 Å². The van der Waals surface area contributed by atoms with E-state index in [0.29, 0.717) is 34.4 Å². The summed E-state index contributed by atoms with van der Waals surface area (Å²) in [7, 11) is 0. The highest BCUT2D eigenvalue weighted by Crippen LogP contribution is 2.34. The number of anilines is 1. The molecule has 0 aliphatic carbocycles. The molecule has 0 saturated carbocycles. The molecule has 0 radical (unpaired) electrons. The van der Waals surface area contributed by atoms with Crippen molar-refractivity contribution in [1.29, 1.82) is 0 Å². The van der Waals surface area contributed by atoms with E-state index in [1.165, 1.54) is 11.8 Å².